The molecule has 5 rings (SSSR count). The molecule has 16 heteroatoms. The fourth-order valence-corrected chi connectivity index (χ4v) is 6.02. The first-order valence-electron chi connectivity index (χ1n) is 12.4. The highest BCUT2D eigenvalue weighted by molar-refractivity contribution is 7.91. The second kappa shape index (κ2) is 11.4. The van der Waals surface area contributed by atoms with Gasteiger partial charge in [-0.2, -0.15) is 18.2 Å². The lowest BCUT2D eigenvalue weighted by molar-refractivity contribution is -0.137. The Kier molecular flexibility index (Phi) is 7.83. The number of aliphatic hydroxyl groups is 1. The van der Waals surface area contributed by atoms with Crippen molar-refractivity contribution < 1.29 is 45.3 Å². The third-order valence-electron chi connectivity index (χ3n) is 6.40. The normalized spacial score (nSPS) is 17.1. The van der Waals surface area contributed by atoms with E-state index in [0.717, 1.165) is 0 Å². The van der Waals surface area contributed by atoms with Crippen molar-refractivity contribution in [3.8, 4) is 34.3 Å². The number of sulfone groups is 1. The van der Waals surface area contributed by atoms with Crippen molar-refractivity contribution in [3.05, 3.63) is 65.7 Å². The summed E-state index contributed by atoms with van der Waals surface area (Å²) < 4.78 is 74.9. The van der Waals surface area contributed by atoms with Gasteiger partial charge in [-0.1, -0.05) is 64.9 Å². The van der Waals surface area contributed by atoms with Crippen LogP contribution in [0, 0.1) is 0 Å². The number of aromatic nitrogens is 3. The molecule has 1 aliphatic rings. The van der Waals surface area contributed by atoms with E-state index in [4.69, 9.17) is 9.05 Å². The van der Waals surface area contributed by atoms with Gasteiger partial charge in [0.25, 0.3) is 11.8 Å². The lowest BCUT2D eigenvalue weighted by atomic mass is 10.1. The molecule has 42 heavy (non-hydrogen) atoms. The first kappa shape index (κ1) is 28.9. The van der Waals surface area contributed by atoms with Gasteiger partial charge >= 0.3 is 6.18 Å². The molecule has 3 N–H and O–H groups in total. The lowest BCUT2D eigenvalue weighted by Crippen LogP contribution is -2.43. The van der Waals surface area contributed by atoms with Gasteiger partial charge in [-0.25, -0.2) is 8.42 Å². The number of amides is 2. The Labute approximate surface area is 235 Å². The summed E-state index contributed by atoms with van der Waals surface area (Å²) in [6.07, 6.45) is -6.21. The number of halogens is 3. The average molecular weight is 606 g/mol. The van der Waals surface area contributed by atoms with Gasteiger partial charge in [-0.05, 0) is 12.0 Å². The minimum absolute atomic E-state index is 0.0198. The van der Waals surface area contributed by atoms with Crippen LogP contribution in [-0.4, -0.2) is 64.7 Å². The van der Waals surface area contributed by atoms with Crippen molar-refractivity contribution in [1.82, 2.24) is 25.9 Å². The van der Waals surface area contributed by atoms with Crippen LogP contribution >= 0.6 is 0 Å². The molecule has 1 aliphatic heterocycles. The molecule has 0 bridgehead atoms. The standard InChI is InChI=1S/C26H22F3N5O7S/c27-26(28,29)19-20(14-4-2-1-3-5-14)33-40-22(19)25-32-23(34-41-25)16-8-6-15(7-9-16)21(36)24(37)30-12-18(35)31-17-10-11-42(38,39)13-17/h1-9,17,21,36H,10-13H2,(H,30,37)(H,31,35). The number of hydrogen-bond donors (Lipinski definition) is 3. The minimum Gasteiger partial charge on any atom is -0.378 e. The molecule has 1 fully saturated rings. The van der Waals surface area contributed by atoms with E-state index in [1.165, 1.54) is 36.4 Å². The largest absolute Gasteiger partial charge is 0.422 e. The third-order valence-corrected chi connectivity index (χ3v) is 8.16. The van der Waals surface area contributed by atoms with E-state index in [1.54, 1.807) is 18.2 Å². The van der Waals surface area contributed by atoms with Gasteiger partial charge in [-0.3, -0.25) is 9.59 Å². The van der Waals surface area contributed by atoms with Crippen molar-refractivity contribution in [3.63, 3.8) is 0 Å². The molecule has 0 saturated carbocycles. The molecule has 220 valence electrons. The molecule has 3 heterocycles. The predicted molar refractivity (Wildman–Crippen MR) is 139 cm³/mol. The monoisotopic (exact) mass is 605 g/mol. The number of carbonyl (C=O) groups is 2. The number of nitrogens with one attached hydrogen (secondary N) is 2. The van der Waals surface area contributed by atoms with Crippen LogP contribution in [0.15, 0.2) is 63.6 Å². The second-order valence-corrected chi connectivity index (χ2v) is 11.7. The van der Waals surface area contributed by atoms with Crippen LogP contribution in [0.25, 0.3) is 34.3 Å². The zero-order chi connectivity index (χ0) is 30.1. The van der Waals surface area contributed by atoms with Crippen LogP contribution in [0.4, 0.5) is 13.2 Å². The van der Waals surface area contributed by atoms with Gasteiger partial charge in [0, 0.05) is 17.2 Å². The molecule has 12 nitrogen and oxygen atoms in total. The summed E-state index contributed by atoms with van der Waals surface area (Å²) in [5, 5.41) is 22.5. The summed E-state index contributed by atoms with van der Waals surface area (Å²) in [5.74, 6) is -3.05. The summed E-state index contributed by atoms with van der Waals surface area (Å²) >= 11 is 0. The molecule has 2 amide bonds. The van der Waals surface area contributed by atoms with E-state index in [1.807, 2.05) is 0 Å². The van der Waals surface area contributed by atoms with Crippen molar-refractivity contribution in [1.29, 1.82) is 0 Å². The Bertz CT molecular complexity index is 1700. The summed E-state index contributed by atoms with van der Waals surface area (Å²) in [4.78, 5) is 28.4. The topological polar surface area (TPSA) is 178 Å². The van der Waals surface area contributed by atoms with Crippen LogP contribution < -0.4 is 10.6 Å². The molecule has 2 aromatic heterocycles. The van der Waals surface area contributed by atoms with Crippen LogP contribution in [0.5, 0.6) is 0 Å². The van der Waals surface area contributed by atoms with Crippen molar-refractivity contribution in [2.24, 2.45) is 0 Å². The van der Waals surface area contributed by atoms with Crippen molar-refractivity contribution in [2.45, 2.75) is 24.7 Å². The highest BCUT2D eigenvalue weighted by atomic mass is 32.2. The molecule has 4 aromatic rings. The maximum atomic E-state index is 14.0. The quantitative estimate of drug-likeness (QED) is 0.270. The van der Waals surface area contributed by atoms with E-state index in [0.29, 0.717) is 5.56 Å². The van der Waals surface area contributed by atoms with Gasteiger partial charge in [0.05, 0.1) is 18.1 Å². The predicted octanol–water partition coefficient (Wildman–Crippen LogP) is 2.53. The first-order valence-corrected chi connectivity index (χ1v) is 14.3. The Morgan fingerprint density at radius 3 is 2.38 bits per heavy atom. The molecule has 0 spiro atoms. The van der Waals surface area contributed by atoms with E-state index in [2.05, 4.69) is 25.9 Å². The van der Waals surface area contributed by atoms with Gasteiger partial charge in [0.15, 0.2) is 15.9 Å². The maximum Gasteiger partial charge on any atom is 0.422 e. The summed E-state index contributed by atoms with van der Waals surface area (Å²) in [6.45, 7) is -0.469. The Balaban J connectivity index is 1.25. The molecule has 1 saturated heterocycles. The zero-order valence-electron chi connectivity index (χ0n) is 21.5. The van der Waals surface area contributed by atoms with E-state index in [-0.39, 0.29) is 34.9 Å². The van der Waals surface area contributed by atoms with E-state index >= 15 is 0 Å². The number of hydrogen-bond acceptors (Lipinski definition) is 10. The summed E-state index contributed by atoms with van der Waals surface area (Å²) in [6, 6.07) is 12.7. The summed E-state index contributed by atoms with van der Waals surface area (Å²) in [5.41, 5.74) is -0.982. The smallest absolute Gasteiger partial charge is 0.378 e. The fraction of sp³-hybridized carbons (Fsp3) is 0.269. The molecule has 2 atom stereocenters. The van der Waals surface area contributed by atoms with Gasteiger partial charge < -0.3 is 24.8 Å². The van der Waals surface area contributed by atoms with Gasteiger partial charge in [-0.15, -0.1) is 0 Å². The molecular weight excluding hydrogens is 583 g/mol. The number of rotatable bonds is 8. The van der Waals surface area contributed by atoms with E-state index < -0.39 is 69.4 Å². The molecular formula is C26H22F3N5O7S. The van der Waals surface area contributed by atoms with E-state index in [9.17, 15) is 36.3 Å². The fourth-order valence-electron chi connectivity index (χ4n) is 4.34. The Morgan fingerprint density at radius 1 is 1.02 bits per heavy atom. The van der Waals surface area contributed by atoms with Crippen molar-refractivity contribution in [2.75, 3.05) is 18.1 Å². The maximum absolute atomic E-state index is 14.0. The molecule has 0 radical (unpaired) electrons. The third kappa shape index (κ3) is 6.33. The first-order chi connectivity index (χ1) is 19.9. The molecule has 0 aliphatic carbocycles. The minimum atomic E-state index is -4.84. The van der Waals surface area contributed by atoms with Crippen LogP contribution in [-0.2, 0) is 25.6 Å². The number of benzene rings is 2. The van der Waals surface area contributed by atoms with Crippen LogP contribution in [0.1, 0.15) is 23.7 Å². The number of carbonyl (C=O) groups excluding carboxylic acids is 2. The Hall–Kier alpha value is -4.57. The number of alkyl halides is 3. The van der Waals surface area contributed by atoms with Gasteiger partial charge in [0.2, 0.25) is 17.5 Å². The Morgan fingerprint density at radius 2 is 1.74 bits per heavy atom. The highest BCUT2D eigenvalue weighted by Crippen LogP contribution is 2.43. The van der Waals surface area contributed by atoms with Crippen molar-refractivity contribution >= 4 is 21.7 Å². The zero-order valence-corrected chi connectivity index (χ0v) is 22.3. The highest BCUT2D eigenvalue weighted by Gasteiger charge is 2.43. The van der Waals surface area contributed by atoms with Crippen LogP contribution in [0.2, 0.25) is 0 Å². The second-order valence-electron chi connectivity index (χ2n) is 9.43. The number of nitrogens with zero attached hydrogens (tertiary/aromatic N) is 3. The lowest BCUT2D eigenvalue weighted by Gasteiger charge is -2.14. The van der Waals surface area contributed by atoms with Crippen LogP contribution in [0.3, 0.4) is 0 Å². The van der Waals surface area contributed by atoms with Gasteiger partial charge in [0.1, 0.15) is 11.3 Å². The molecule has 2 aromatic carbocycles. The molecule has 2 unspecified atom stereocenters. The summed E-state index contributed by atoms with van der Waals surface area (Å²) in [7, 11) is -3.19. The number of aliphatic hydroxyl groups excluding tert-OH is 1. The average Bonchev–Trinajstić information content (AvgIpc) is 3.70. The SMILES string of the molecule is O=C(CNC(=O)C(O)c1ccc(-c2noc(-c3onc(-c4ccccc4)c3C(F)(F)F)n2)cc1)NC1CCS(=O)(=O)C1.